The quantitative estimate of drug-likeness (QED) is 0.384. The average Bonchev–Trinajstić information content (AvgIpc) is 2.75. The molecule has 3 aromatic rings. The third-order valence-electron chi connectivity index (χ3n) is 5.36. The second kappa shape index (κ2) is 9.15. The topological polar surface area (TPSA) is 60.4 Å². The molecule has 0 radical (unpaired) electrons. The van der Waals surface area contributed by atoms with Crippen LogP contribution in [0, 0.1) is 20.8 Å². The Morgan fingerprint density at radius 2 is 1.33 bits per heavy atom. The smallest absolute Gasteiger partial charge is 0.289 e. The molecular weight excluding hydrogens is 395 g/mol. The first-order chi connectivity index (χ1) is 14.4. The lowest BCUT2D eigenvalue weighted by Gasteiger charge is -2.19. The second-order valence-corrected chi connectivity index (χ2v) is 8.34. The fourth-order valence-corrected chi connectivity index (χ4v) is 4.67. The lowest BCUT2D eigenvalue weighted by Crippen LogP contribution is -2.17. The number of carbonyl (C=O) groups is 2. The second-order valence-electron chi connectivity index (χ2n) is 7.12. The maximum atomic E-state index is 13.3. The molecule has 0 aliphatic heterocycles. The van der Waals surface area contributed by atoms with Gasteiger partial charge in [0.15, 0.2) is 5.78 Å². The largest absolute Gasteiger partial charge is 0.600 e. The zero-order chi connectivity index (χ0) is 21.8. The molecule has 0 saturated carbocycles. The molecule has 4 nitrogen and oxygen atoms in total. The number of hydrogen-bond donors (Lipinski definition) is 0. The fourth-order valence-electron chi connectivity index (χ4n) is 3.90. The van der Waals surface area contributed by atoms with Crippen molar-refractivity contribution in [3.63, 3.8) is 0 Å². The van der Waals surface area contributed by atoms with Crippen molar-refractivity contribution in [2.24, 2.45) is 0 Å². The molecule has 0 N–H and O–H groups in total. The van der Waals surface area contributed by atoms with Gasteiger partial charge < -0.3 is 0 Å². The summed E-state index contributed by atoms with van der Waals surface area (Å²) < 4.78 is 17.9. The summed E-state index contributed by atoms with van der Waals surface area (Å²) in [5.74, 6) is -0.812. The third kappa shape index (κ3) is 4.10. The van der Waals surface area contributed by atoms with Gasteiger partial charge in [-0.15, -0.1) is 0 Å². The number of hydrogen-bond acceptors (Lipinski definition) is 4. The Labute approximate surface area is 177 Å². The summed E-state index contributed by atoms with van der Waals surface area (Å²) in [6.45, 7) is 7.50. The predicted molar refractivity (Wildman–Crippen MR) is 119 cm³/mol. The highest BCUT2D eigenvalue weighted by Gasteiger charge is 2.32. The van der Waals surface area contributed by atoms with E-state index in [0.29, 0.717) is 34.0 Å². The van der Waals surface area contributed by atoms with Crippen LogP contribution in [-0.2, 0) is 15.5 Å². The van der Waals surface area contributed by atoms with E-state index in [9.17, 15) is 14.2 Å². The molecule has 30 heavy (non-hydrogen) atoms. The van der Waals surface area contributed by atoms with E-state index in [4.69, 9.17) is 4.52 Å². The highest BCUT2D eigenvalue weighted by molar-refractivity contribution is 7.49. The van der Waals surface area contributed by atoms with Crippen LogP contribution >= 0.6 is 8.03 Å². The monoisotopic (exact) mass is 419 g/mol. The van der Waals surface area contributed by atoms with Crippen LogP contribution in [0.5, 0.6) is 0 Å². The Morgan fingerprint density at radius 1 is 0.800 bits per heavy atom. The molecule has 3 rings (SSSR count). The summed E-state index contributed by atoms with van der Waals surface area (Å²) >= 11 is 0. The van der Waals surface area contributed by atoms with Crippen molar-refractivity contribution in [3.8, 4) is 0 Å². The molecule has 0 fully saturated rings. The van der Waals surface area contributed by atoms with Gasteiger partial charge in [-0.3, -0.25) is 4.79 Å². The average molecular weight is 419 g/mol. The minimum atomic E-state index is -2.34. The number of ketones is 1. The number of rotatable bonds is 6. The van der Waals surface area contributed by atoms with E-state index < -0.39 is 14.0 Å². The van der Waals surface area contributed by atoms with Crippen LogP contribution in [0.4, 0.5) is 0 Å². The van der Waals surface area contributed by atoms with Gasteiger partial charge in [0, 0.05) is 11.1 Å². The Balaban J connectivity index is 2.09. The molecule has 5 heteroatoms. The molecule has 0 amide bonds. The summed E-state index contributed by atoms with van der Waals surface area (Å²) in [4.78, 5) is 26.3. The molecule has 0 spiro atoms. The van der Waals surface area contributed by atoms with Gasteiger partial charge in [0.05, 0.1) is 5.56 Å². The number of benzene rings is 3. The predicted octanol–water partition coefficient (Wildman–Crippen LogP) is 5.63. The van der Waals surface area contributed by atoms with Crippen molar-refractivity contribution in [2.75, 3.05) is 0 Å². The van der Waals surface area contributed by atoms with Gasteiger partial charge in [0.25, 0.3) is 0 Å². The van der Waals surface area contributed by atoms with Crippen LogP contribution in [0.25, 0.3) is 0 Å². The van der Waals surface area contributed by atoms with Crippen LogP contribution in [0.3, 0.4) is 0 Å². The summed E-state index contributed by atoms with van der Waals surface area (Å²) in [7, 11) is -2.34. The Hall–Kier alpha value is -3.10. The molecular formula is C25H24O4P+. The molecule has 0 bridgehead atoms. The molecule has 0 aromatic heterocycles. The van der Waals surface area contributed by atoms with E-state index in [2.05, 4.69) is 0 Å². The highest BCUT2D eigenvalue weighted by atomic mass is 31.1. The lowest BCUT2D eigenvalue weighted by atomic mass is 9.84. The van der Waals surface area contributed by atoms with Gasteiger partial charge in [0.1, 0.15) is 0 Å². The van der Waals surface area contributed by atoms with E-state index in [1.807, 2.05) is 39.0 Å². The zero-order valence-corrected chi connectivity index (χ0v) is 18.5. The summed E-state index contributed by atoms with van der Waals surface area (Å²) in [5.41, 5.74) is 4.49. The maximum Gasteiger partial charge on any atom is 0.600 e. The minimum Gasteiger partial charge on any atom is -0.289 e. The Bertz CT molecular complexity index is 1120. The number of carbonyl (C=O) groups excluding carboxylic acids is 2. The van der Waals surface area contributed by atoms with Crippen molar-refractivity contribution < 1.29 is 18.7 Å². The summed E-state index contributed by atoms with van der Waals surface area (Å²) in [6.07, 6.45) is 0.665. The van der Waals surface area contributed by atoms with Crippen molar-refractivity contribution in [1.82, 2.24) is 0 Å². The third-order valence-corrected chi connectivity index (χ3v) is 6.41. The lowest BCUT2D eigenvalue weighted by molar-refractivity contribution is 0.0750. The van der Waals surface area contributed by atoms with Crippen molar-refractivity contribution in [3.05, 3.63) is 99.6 Å². The minimum absolute atomic E-state index is 0.137. The van der Waals surface area contributed by atoms with Gasteiger partial charge in [0.2, 0.25) is 5.30 Å². The standard InChI is InChI=1S/C25H24O4P/c1-5-21-16(2)22(24(26)19-12-8-6-9-13-19)18(4)23(17(21)3)25(27)29-30(28)20-14-10-7-11-15-20/h6-15H,5H2,1-4H3/q+1. The van der Waals surface area contributed by atoms with E-state index in [0.717, 1.165) is 16.7 Å². The van der Waals surface area contributed by atoms with Crippen molar-refractivity contribution >= 4 is 25.1 Å². The molecule has 1 unspecified atom stereocenters. The molecule has 0 heterocycles. The summed E-state index contributed by atoms with van der Waals surface area (Å²) in [6, 6.07) is 17.6. The van der Waals surface area contributed by atoms with E-state index in [-0.39, 0.29) is 5.78 Å². The van der Waals surface area contributed by atoms with Crippen LogP contribution < -0.4 is 5.30 Å². The van der Waals surface area contributed by atoms with E-state index >= 15 is 0 Å². The maximum absolute atomic E-state index is 13.3. The van der Waals surface area contributed by atoms with E-state index in [1.54, 1.807) is 49.4 Å². The normalized spacial score (nSPS) is 11.1. The first kappa shape index (κ1) is 21.6. The Morgan fingerprint density at radius 3 is 1.90 bits per heavy atom. The Kier molecular flexibility index (Phi) is 6.59. The van der Waals surface area contributed by atoms with Crippen LogP contribution in [0.2, 0.25) is 0 Å². The van der Waals surface area contributed by atoms with Gasteiger partial charge in [-0.2, -0.15) is 0 Å². The first-order valence-corrected chi connectivity index (χ1v) is 11.0. The van der Waals surface area contributed by atoms with Gasteiger partial charge in [-0.05, 0) is 66.1 Å². The van der Waals surface area contributed by atoms with Crippen LogP contribution in [-0.4, -0.2) is 11.8 Å². The zero-order valence-electron chi connectivity index (χ0n) is 17.6. The fraction of sp³-hybridized carbons (Fsp3) is 0.200. The molecule has 1 atom stereocenters. The van der Waals surface area contributed by atoms with Crippen molar-refractivity contribution in [2.45, 2.75) is 34.1 Å². The SMILES string of the molecule is CCc1c(C)c(C(=O)O[P+](=O)c2ccccc2)c(C)c(C(=O)c2ccccc2)c1C. The van der Waals surface area contributed by atoms with Crippen LogP contribution in [0.1, 0.15) is 55.5 Å². The van der Waals surface area contributed by atoms with Crippen LogP contribution in [0.15, 0.2) is 60.7 Å². The van der Waals surface area contributed by atoms with Crippen molar-refractivity contribution in [1.29, 1.82) is 0 Å². The molecule has 152 valence electrons. The van der Waals surface area contributed by atoms with Gasteiger partial charge in [-0.25, -0.2) is 9.32 Å². The highest BCUT2D eigenvalue weighted by Crippen LogP contribution is 2.32. The van der Waals surface area contributed by atoms with Gasteiger partial charge in [-0.1, -0.05) is 55.5 Å². The molecule has 0 saturated heterocycles. The molecule has 3 aromatic carbocycles. The molecule has 0 aliphatic carbocycles. The molecule has 0 aliphatic rings. The summed E-state index contributed by atoms with van der Waals surface area (Å²) in [5, 5.41) is 0.444. The van der Waals surface area contributed by atoms with E-state index in [1.165, 1.54) is 0 Å². The van der Waals surface area contributed by atoms with Gasteiger partial charge >= 0.3 is 14.0 Å². The first-order valence-electron chi connectivity index (χ1n) is 9.83.